The van der Waals surface area contributed by atoms with Crippen LogP contribution in [0.2, 0.25) is 0 Å². The summed E-state index contributed by atoms with van der Waals surface area (Å²) >= 11 is 0. The van der Waals surface area contributed by atoms with E-state index < -0.39 is 0 Å². The lowest BCUT2D eigenvalue weighted by Gasteiger charge is -2.36. The predicted octanol–water partition coefficient (Wildman–Crippen LogP) is 1.38. The summed E-state index contributed by atoms with van der Waals surface area (Å²) in [5.74, 6) is 1.78. The van der Waals surface area contributed by atoms with Crippen LogP contribution in [0.4, 0.5) is 5.95 Å². The van der Waals surface area contributed by atoms with Crippen LogP contribution in [0, 0.1) is 0 Å². The average molecular weight is 334 g/mol. The Balaban J connectivity index is 1.66. The van der Waals surface area contributed by atoms with E-state index in [2.05, 4.69) is 37.0 Å². The maximum atomic E-state index is 5.58. The molecule has 0 atom stereocenters. The normalized spacial score (nSPS) is 15.7. The Labute approximate surface area is 145 Å². The quantitative estimate of drug-likeness (QED) is 0.440. The number of nitrogens with zero attached hydrogens (tertiary/aromatic N) is 5. The molecule has 0 bridgehead atoms. The van der Waals surface area contributed by atoms with Gasteiger partial charge in [0.2, 0.25) is 5.95 Å². The van der Waals surface area contributed by atoms with Crippen molar-refractivity contribution in [2.75, 3.05) is 57.9 Å². The van der Waals surface area contributed by atoms with Crippen LogP contribution in [0.3, 0.4) is 0 Å². The van der Waals surface area contributed by atoms with Gasteiger partial charge in [0.25, 0.3) is 0 Å². The van der Waals surface area contributed by atoms with Gasteiger partial charge in [-0.05, 0) is 18.9 Å². The molecule has 1 fully saturated rings. The van der Waals surface area contributed by atoms with Crippen LogP contribution in [-0.4, -0.2) is 73.8 Å². The third-order valence-corrected chi connectivity index (χ3v) is 4.02. The number of piperazine rings is 1. The molecule has 0 aromatic carbocycles. The minimum absolute atomic E-state index is 0.809. The highest BCUT2D eigenvalue weighted by atomic mass is 16.5. The smallest absolute Gasteiger partial charge is 0.225 e. The zero-order valence-electron chi connectivity index (χ0n) is 14.9. The zero-order valence-corrected chi connectivity index (χ0v) is 14.9. The van der Waals surface area contributed by atoms with Crippen molar-refractivity contribution in [3.8, 4) is 0 Å². The molecule has 24 heavy (non-hydrogen) atoms. The van der Waals surface area contributed by atoms with E-state index in [9.17, 15) is 0 Å². The summed E-state index contributed by atoms with van der Waals surface area (Å²) in [6.45, 7) is 8.41. The Hall–Kier alpha value is -1.89. The zero-order chi connectivity index (χ0) is 17.0. The van der Waals surface area contributed by atoms with Gasteiger partial charge in [0.05, 0.1) is 0 Å². The van der Waals surface area contributed by atoms with Crippen LogP contribution in [0.1, 0.15) is 26.2 Å². The topological polar surface area (TPSA) is 65.9 Å². The molecule has 7 heteroatoms. The molecule has 7 nitrogen and oxygen atoms in total. The van der Waals surface area contributed by atoms with Gasteiger partial charge in [-0.3, -0.25) is 4.99 Å². The van der Waals surface area contributed by atoms with Crippen LogP contribution in [-0.2, 0) is 4.74 Å². The molecule has 0 saturated carbocycles. The van der Waals surface area contributed by atoms with Crippen molar-refractivity contribution >= 4 is 11.9 Å². The summed E-state index contributed by atoms with van der Waals surface area (Å²) < 4.78 is 5.58. The molecule has 0 spiro atoms. The molecule has 1 aromatic rings. The molecule has 0 radical (unpaired) electrons. The molecule has 1 aliphatic heterocycles. The average Bonchev–Trinajstić information content (AvgIpc) is 2.65. The van der Waals surface area contributed by atoms with E-state index in [0.717, 1.165) is 70.7 Å². The molecule has 1 aliphatic rings. The summed E-state index contributed by atoms with van der Waals surface area (Å²) in [5.41, 5.74) is 0. The first-order valence-electron chi connectivity index (χ1n) is 8.90. The van der Waals surface area contributed by atoms with Gasteiger partial charge in [-0.15, -0.1) is 0 Å². The molecule has 0 aliphatic carbocycles. The Kier molecular flexibility index (Phi) is 8.31. The van der Waals surface area contributed by atoms with E-state index in [4.69, 9.17) is 4.74 Å². The number of ether oxygens (including phenoxy) is 1. The molecule has 0 unspecified atom stereocenters. The second-order valence-electron chi connectivity index (χ2n) is 5.82. The van der Waals surface area contributed by atoms with Gasteiger partial charge in [-0.25, -0.2) is 9.97 Å². The van der Waals surface area contributed by atoms with E-state index in [0.29, 0.717) is 0 Å². The number of aromatic nitrogens is 2. The highest BCUT2D eigenvalue weighted by molar-refractivity contribution is 5.80. The Morgan fingerprint density at radius 1 is 1.17 bits per heavy atom. The molecular formula is C17H30N6O. The van der Waals surface area contributed by atoms with E-state index in [1.165, 1.54) is 6.42 Å². The van der Waals surface area contributed by atoms with Crippen LogP contribution >= 0.6 is 0 Å². The predicted molar refractivity (Wildman–Crippen MR) is 97.5 cm³/mol. The van der Waals surface area contributed by atoms with Crippen LogP contribution in [0.15, 0.2) is 23.5 Å². The van der Waals surface area contributed by atoms with Crippen molar-refractivity contribution in [1.29, 1.82) is 0 Å². The van der Waals surface area contributed by atoms with Crippen molar-refractivity contribution in [1.82, 2.24) is 20.2 Å². The molecule has 1 saturated heterocycles. The van der Waals surface area contributed by atoms with Crippen molar-refractivity contribution in [3.05, 3.63) is 18.5 Å². The number of guanidine groups is 1. The van der Waals surface area contributed by atoms with Crippen LogP contribution in [0.25, 0.3) is 0 Å². The second kappa shape index (κ2) is 10.8. The van der Waals surface area contributed by atoms with Crippen molar-refractivity contribution in [2.45, 2.75) is 26.2 Å². The first kappa shape index (κ1) is 18.4. The Morgan fingerprint density at radius 2 is 1.88 bits per heavy atom. The summed E-state index contributed by atoms with van der Waals surface area (Å²) in [4.78, 5) is 17.5. The van der Waals surface area contributed by atoms with Crippen LogP contribution in [0.5, 0.6) is 0 Å². The Morgan fingerprint density at radius 3 is 2.54 bits per heavy atom. The van der Waals surface area contributed by atoms with Gasteiger partial charge in [-0.2, -0.15) is 0 Å². The van der Waals surface area contributed by atoms with Gasteiger partial charge in [-0.1, -0.05) is 13.3 Å². The SMILES string of the molecule is CCCCOCCCNC(=NC)N1CCN(c2ncccn2)CC1. The van der Waals surface area contributed by atoms with E-state index in [1.54, 1.807) is 12.4 Å². The number of hydrogen-bond acceptors (Lipinski definition) is 5. The molecule has 134 valence electrons. The molecule has 2 rings (SSSR count). The van der Waals surface area contributed by atoms with Gasteiger partial charge in [0.1, 0.15) is 0 Å². The molecule has 0 amide bonds. The molecular weight excluding hydrogens is 304 g/mol. The number of rotatable bonds is 8. The fraction of sp³-hybridized carbons (Fsp3) is 0.706. The van der Waals surface area contributed by atoms with Gasteiger partial charge >= 0.3 is 0 Å². The number of anilines is 1. The lowest BCUT2D eigenvalue weighted by atomic mass is 10.3. The molecule has 1 aromatic heterocycles. The highest BCUT2D eigenvalue weighted by Gasteiger charge is 2.20. The second-order valence-corrected chi connectivity index (χ2v) is 5.82. The summed E-state index contributed by atoms with van der Waals surface area (Å²) in [5, 5.41) is 3.43. The number of aliphatic imine (C=N–C) groups is 1. The maximum absolute atomic E-state index is 5.58. The fourth-order valence-corrected chi connectivity index (χ4v) is 2.63. The minimum atomic E-state index is 0.809. The van der Waals surface area contributed by atoms with E-state index >= 15 is 0 Å². The highest BCUT2D eigenvalue weighted by Crippen LogP contribution is 2.09. The maximum Gasteiger partial charge on any atom is 0.225 e. The lowest BCUT2D eigenvalue weighted by molar-refractivity contribution is 0.129. The summed E-state index contributed by atoms with van der Waals surface area (Å²) in [7, 11) is 1.84. The van der Waals surface area contributed by atoms with Crippen molar-refractivity contribution in [3.63, 3.8) is 0 Å². The number of unbranched alkanes of at least 4 members (excludes halogenated alkanes) is 1. The lowest BCUT2D eigenvalue weighted by Crippen LogP contribution is -2.53. The monoisotopic (exact) mass is 334 g/mol. The number of hydrogen-bond donors (Lipinski definition) is 1. The Bertz CT molecular complexity index is 473. The van der Waals surface area contributed by atoms with Crippen molar-refractivity contribution in [2.24, 2.45) is 4.99 Å². The summed E-state index contributed by atoms with van der Waals surface area (Å²) in [6.07, 6.45) is 6.91. The largest absolute Gasteiger partial charge is 0.381 e. The molecule has 2 heterocycles. The minimum Gasteiger partial charge on any atom is -0.381 e. The first-order chi connectivity index (χ1) is 11.8. The van der Waals surface area contributed by atoms with Crippen molar-refractivity contribution < 1.29 is 4.74 Å². The van der Waals surface area contributed by atoms with E-state index in [1.807, 2.05) is 13.1 Å². The standard InChI is InChI=1S/C17H30N6O/c1-3-4-14-24-15-6-9-19-16(18-2)22-10-12-23(13-11-22)17-20-7-5-8-21-17/h5,7-8H,3-4,6,9-15H2,1-2H3,(H,18,19). The van der Waals surface area contributed by atoms with E-state index in [-0.39, 0.29) is 0 Å². The van der Waals surface area contributed by atoms with Gasteiger partial charge < -0.3 is 19.9 Å². The number of nitrogens with one attached hydrogen (secondary N) is 1. The fourth-order valence-electron chi connectivity index (χ4n) is 2.63. The third-order valence-electron chi connectivity index (χ3n) is 4.02. The first-order valence-corrected chi connectivity index (χ1v) is 8.90. The van der Waals surface area contributed by atoms with Gasteiger partial charge in [0.15, 0.2) is 5.96 Å². The van der Waals surface area contributed by atoms with Gasteiger partial charge in [0, 0.05) is 65.4 Å². The molecule has 1 N–H and O–H groups in total. The van der Waals surface area contributed by atoms with Crippen LogP contribution < -0.4 is 10.2 Å². The third kappa shape index (κ3) is 5.96. The summed E-state index contributed by atoms with van der Waals surface area (Å²) in [6, 6.07) is 1.84.